The van der Waals surface area contributed by atoms with E-state index in [1.165, 1.54) is 0 Å². The van der Waals surface area contributed by atoms with Gasteiger partial charge in [0.15, 0.2) is 0 Å². The monoisotopic (exact) mass is 281 g/mol. The van der Waals surface area contributed by atoms with Crippen molar-refractivity contribution in [2.24, 2.45) is 0 Å². The molecule has 2 saturated heterocycles. The van der Waals surface area contributed by atoms with Gasteiger partial charge in [0.25, 0.3) is 5.91 Å². The quantitative estimate of drug-likeness (QED) is 0.858. The molecular weight excluding hydrogens is 266 g/mol. The molecule has 0 saturated carbocycles. The van der Waals surface area contributed by atoms with Crippen LogP contribution in [-0.4, -0.2) is 40.3 Å². The Morgan fingerprint density at radius 3 is 3.14 bits per heavy atom. The van der Waals surface area contributed by atoms with Crippen molar-refractivity contribution in [1.82, 2.24) is 15.2 Å². The molecule has 2 aliphatic heterocycles. The van der Waals surface area contributed by atoms with Gasteiger partial charge in [-0.1, -0.05) is 6.07 Å². The maximum atomic E-state index is 12.7. The smallest absolute Gasteiger partial charge is 0.254 e. The minimum atomic E-state index is 0.00440. The maximum absolute atomic E-state index is 12.7. The van der Waals surface area contributed by atoms with E-state index in [0.717, 1.165) is 17.3 Å². The van der Waals surface area contributed by atoms with Crippen molar-refractivity contribution >= 4 is 22.7 Å². The topological polar surface area (TPSA) is 62.3 Å². The van der Waals surface area contributed by atoms with Crippen molar-refractivity contribution in [1.29, 1.82) is 0 Å². The number of aromatic nitrogens is 1. The number of rotatable bonds is 1. The number of pyridine rings is 1. The molecule has 1 aromatic heterocycles. The summed E-state index contributed by atoms with van der Waals surface area (Å²) in [5, 5.41) is 3.90. The molecule has 0 aliphatic carbocycles. The highest BCUT2D eigenvalue weighted by Gasteiger charge is 2.43. The number of hydrogen-bond acceptors (Lipinski definition) is 3. The first-order valence-electron chi connectivity index (χ1n) is 7.17. The van der Waals surface area contributed by atoms with Crippen molar-refractivity contribution in [3.8, 4) is 0 Å². The molecule has 2 fully saturated rings. The molecule has 3 heterocycles. The van der Waals surface area contributed by atoms with E-state index in [9.17, 15) is 9.59 Å². The Bertz CT molecular complexity index is 743. The van der Waals surface area contributed by atoms with Crippen LogP contribution >= 0.6 is 0 Å². The summed E-state index contributed by atoms with van der Waals surface area (Å²) in [6.07, 6.45) is 3.01. The molecule has 5 nitrogen and oxygen atoms in total. The average molecular weight is 281 g/mol. The minimum Gasteiger partial charge on any atom is -0.351 e. The minimum absolute atomic E-state index is 0.00440. The van der Waals surface area contributed by atoms with Crippen molar-refractivity contribution in [3.63, 3.8) is 0 Å². The van der Waals surface area contributed by atoms with Crippen LogP contribution in [0, 0.1) is 0 Å². The number of fused-ring (bicyclic) bond motifs is 2. The number of benzene rings is 1. The van der Waals surface area contributed by atoms with E-state index < -0.39 is 0 Å². The molecule has 21 heavy (non-hydrogen) atoms. The highest BCUT2D eigenvalue weighted by molar-refractivity contribution is 5.98. The molecule has 2 amide bonds. The lowest BCUT2D eigenvalue weighted by molar-refractivity contribution is -0.119. The molecular formula is C16H15N3O2. The molecule has 0 spiro atoms. The second-order valence-electron chi connectivity index (χ2n) is 5.64. The third kappa shape index (κ3) is 1.96. The summed E-state index contributed by atoms with van der Waals surface area (Å²) in [5.41, 5.74) is 1.54. The van der Waals surface area contributed by atoms with Crippen LogP contribution in [-0.2, 0) is 4.79 Å². The van der Waals surface area contributed by atoms with Crippen LogP contribution in [0.25, 0.3) is 10.9 Å². The van der Waals surface area contributed by atoms with Gasteiger partial charge in [0.05, 0.1) is 17.6 Å². The molecule has 2 aliphatic rings. The lowest BCUT2D eigenvalue weighted by atomic mass is 10.1. The molecule has 0 bridgehead atoms. The second-order valence-corrected chi connectivity index (χ2v) is 5.64. The standard InChI is InChI=1S/C16H15N3O2/c20-15-9-14-13(18-15)5-7-19(14)16(21)11-3-4-12-10(8-11)2-1-6-17-12/h1-4,6,8,13-14H,5,7,9H2,(H,18,20)/t13-,14+/m1/s1. The van der Waals surface area contributed by atoms with Gasteiger partial charge in [0.2, 0.25) is 5.91 Å². The van der Waals surface area contributed by atoms with E-state index in [1.54, 1.807) is 6.20 Å². The first-order chi connectivity index (χ1) is 10.2. The first kappa shape index (κ1) is 12.3. The second kappa shape index (κ2) is 4.55. The Kier molecular flexibility index (Phi) is 2.67. The number of likely N-dealkylation sites (tertiary alicyclic amines) is 1. The number of nitrogens with zero attached hydrogens (tertiary/aromatic N) is 2. The largest absolute Gasteiger partial charge is 0.351 e. The van der Waals surface area contributed by atoms with Crippen LogP contribution in [0.4, 0.5) is 0 Å². The molecule has 4 rings (SSSR count). The van der Waals surface area contributed by atoms with Gasteiger partial charge in [0, 0.05) is 30.1 Å². The number of carbonyl (C=O) groups excluding carboxylic acids is 2. The van der Waals surface area contributed by atoms with Crippen LogP contribution in [0.5, 0.6) is 0 Å². The van der Waals surface area contributed by atoms with Crippen LogP contribution in [0.3, 0.4) is 0 Å². The number of amides is 2. The summed E-state index contributed by atoms with van der Waals surface area (Å²) < 4.78 is 0. The van der Waals surface area contributed by atoms with Gasteiger partial charge >= 0.3 is 0 Å². The van der Waals surface area contributed by atoms with Crippen LogP contribution in [0.1, 0.15) is 23.2 Å². The molecule has 106 valence electrons. The third-order valence-corrected chi connectivity index (χ3v) is 4.40. The van der Waals surface area contributed by atoms with Gasteiger partial charge in [0.1, 0.15) is 0 Å². The fourth-order valence-corrected chi connectivity index (χ4v) is 3.36. The van der Waals surface area contributed by atoms with Gasteiger partial charge in [-0.25, -0.2) is 0 Å². The SMILES string of the molecule is O=C1C[C@H]2[C@@H](CCN2C(=O)c2ccc3ncccc3c2)N1. The zero-order valence-electron chi connectivity index (χ0n) is 11.5. The maximum Gasteiger partial charge on any atom is 0.254 e. The summed E-state index contributed by atoms with van der Waals surface area (Å²) in [4.78, 5) is 30.3. The average Bonchev–Trinajstić information content (AvgIpc) is 3.05. The van der Waals surface area contributed by atoms with E-state index in [1.807, 2.05) is 35.2 Å². The first-order valence-corrected chi connectivity index (χ1v) is 7.17. The van der Waals surface area contributed by atoms with E-state index in [4.69, 9.17) is 0 Å². The van der Waals surface area contributed by atoms with E-state index in [0.29, 0.717) is 18.5 Å². The van der Waals surface area contributed by atoms with Crippen molar-refractivity contribution in [3.05, 3.63) is 42.1 Å². The van der Waals surface area contributed by atoms with Crippen molar-refractivity contribution in [2.45, 2.75) is 24.9 Å². The van der Waals surface area contributed by atoms with Gasteiger partial charge in [-0.05, 0) is 30.7 Å². The van der Waals surface area contributed by atoms with Crippen LogP contribution < -0.4 is 5.32 Å². The predicted molar refractivity (Wildman–Crippen MR) is 77.7 cm³/mol. The van der Waals surface area contributed by atoms with Crippen LogP contribution in [0.2, 0.25) is 0 Å². The zero-order valence-corrected chi connectivity index (χ0v) is 11.5. The molecule has 2 atom stereocenters. The Hall–Kier alpha value is -2.43. The molecule has 2 aromatic rings. The number of carbonyl (C=O) groups is 2. The Labute approximate surface area is 122 Å². The van der Waals surface area contributed by atoms with Crippen molar-refractivity contribution in [2.75, 3.05) is 6.54 Å². The van der Waals surface area contributed by atoms with Gasteiger partial charge in [-0.15, -0.1) is 0 Å². The molecule has 5 heteroatoms. The molecule has 1 N–H and O–H groups in total. The van der Waals surface area contributed by atoms with E-state index >= 15 is 0 Å². The fraction of sp³-hybridized carbons (Fsp3) is 0.312. The highest BCUT2D eigenvalue weighted by atomic mass is 16.2. The normalized spacial score (nSPS) is 24.2. The fourth-order valence-electron chi connectivity index (χ4n) is 3.36. The van der Waals surface area contributed by atoms with Gasteiger partial charge in [-0.3, -0.25) is 14.6 Å². The summed E-state index contributed by atoms with van der Waals surface area (Å²) in [6.45, 7) is 0.708. The predicted octanol–water partition coefficient (Wildman–Crippen LogP) is 1.34. The van der Waals surface area contributed by atoms with Crippen molar-refractivity contribution < 1.29 is 9.59 Å². The van der Waals surface area contributed by atoms with Crippen LogP contribution in [0.15, 0.2) is 36.5 Å². The lowest BCUT2D eigenvalue weighted by Gasteiger charge is -2.22. The Morgan fingerprint density at radius 2 is 2.24 bits per heavy atom. The Balaban J connectivity index is 1.65. The molecule has 0 unspecified atom stereocenters. The summed E-state index contributed by atoms with van der Waals surface area (Å²) in [5.74, 6) is 0.0509. The third-order valence-electron chi connectivity index (χ3n) is 4.40. The summed E-state index contributed by atoms with van der Waals surface area (Å²) in [6, 6.07) is 9.51. The van der Waals surface area contributed by atoms with E-state index in [-0.39, 0.29) is 23.9 Å². The van der Waals surface area contributed by atoms with E-state index in [2.05, 4.69) is 10.3 Å². The molecule has 0 radical (unpaired) electrons. The number of hydrogen-bond donors (Lipinski definition) is 1. The van der Waals surface area contributed by atoms with Gasteiger partial charge < -0.3 is 10.2 Å². The number of nitrogens with one attached hydrogen (secondary N) is 1. The Morgan fingerprint density at radius 1 is 1.33 bits per heavy atom. The zero-order chi connectivity index (χ0) is 14.4. The highest BCUT2D eigenvalue weighted by Crippen LogP contribution is 2.27. The lowest BCUT2D eigenvalue weighted by Crippen LogP contribution is -2.38. The summed E-state index contributed by atoms with van der Waals surface area (Å²) >= 11 is 0. The molecule has 1 aromatic carbocycles. The summed E-state index contributed by atoms with van der Waals surface area (Å²) in [7, 11) is 0. The van der Waals surface area contributed by atoms with Gasteiger partial charge in [-0.2, -0.15) is 0 Å².